The third-order valence-corrected chi connectivity index (χ3v) is 2.82. The normalized spacial score (nSPS) is 15.4. The molecule has 1 N–H and O–H groups in total. The molecule has 2 aromatic rings. The van der Waals surface area contributed by atoms with Gasteiger partial charge in [0, 0.05) is 0 Å². The maximum atomic E-state index is 12.8. The molecule has 0 spiro atoms. The van der Waals surface area contributed by atoms with E-state index in [0.717, 1.165) is 0 Å². The van der Waals surface area contributed by atoms with Gasteiger partial charge in [0.2, 0.25) is 5.78 Å². The van der Waals surface area contributed by atoms with Crippen LogP contribution in [0.15, 0.2) is 48.2 Å². The van der Waals surface area contributed by atoms with Crippen LogP contribution in [0.4, 0.5) is 4.39 Å². The fraction of sp³-hybridized carbons (Fsp3) is 0. The number of phenols is 1. The van der Waals surface area contributed by atoms with Gasteiger partial charge >= 0.3 is 0 Å². The number of ketones is 1. The minimum Gasteiger partial charge on any atom is -0.508 e. The predicted molar refractivity (Wildman–Crippen MR) is 67.4 cm³/mol. The summed E-state index contributed by atoms with van der Waals surface area (Å²) < 4.78 is 18.2. The van der Waals surface area contributed by atoms with Gasteiger partial charge in [-0.05, 0) is 42.0 Å². The molecule has 19 heavy (non-hydrogen) atoms. The van der Waals surface area contributed by atoms with Crippen molar-refractivity contribution in [1.82, 2.24) is 0 Å². The van der Waals surface area contributed by atoms with Crippen LogP contribution in [0.25, 0.3) is 6.08 Å². The van der Waals surface area contributed by atoms with Crippen molar-refractivity contribution in [3.8, 4) is 11.5 Å². The van der Waals surface area contributed by atoms with Crippen molar-refractivity contribution in [3.63, 3.8) is 0 Å². The number of ether oxygens (including phenoxy) is 1. The zero-order valence-electron chi connectivity index (χ0n) is 9.76. The smallest absolute Gasteiger partial charge is 0.232 e. The Labute approximate surface area is 108 Å². The average Bonchev–Trinajstić information content (AvgIpc) is 2.70. The summed E-state index contributed by atoms with van der Waals surface area (Å²) in [4.78, 5) is 12.0. The van der Waals surface area contributed by atoms with Crippen molar-refractivity contribution < 1.29 is 19.0 Å². The number of aromatic hydroxyl groups is 1. The number of rotatable bonds is 1. The van der Waals surface area contributed by atoms with Gasteiger partial charge in [-0.25, -0.2) is 4.39 Å². The fourth-order valence-corrected chi connectivity index (χ4v) is 1.89. The van der Waals surface area contributed by atoms with Gasteiger partial charge in [0.25, 0.3) is 0 Å². The molecule has 0 atom stereocenters. The number of carbonyl (C=O) groups excluding carboxylic acids is 1. The van der Waals surface area contributed by atoms with Gasteiger partial charge < -0.3 is 9.84 Å². The molecule has 0 radical (unpaired) electrons. The summed E-state index contributed by atoms with van der Waals surface area (Å²) >= 11 is 0. The molecule has 0 amide bonds. The maximum Gasteiger partial charge on any atom is 0.232 e. The Morgan fingerprint density at radius 1 is 1.11 bits per heavy atom. The van der Waals surface area contributed by atoms with Gasteiger partial charge in [-0.1, -0.05) is 12.1 Å². The van der Waals surface area contributed by atoms with Crippen LogP contribution in [0.2, 0.25) is 0 Å². The number of phenolic OH excluding ortho intramolecular Hbond substituents is 1. The van der Waals surface area contributed by atoms with E-state index in [9.17, 15) is 14.3 Å². The highest BCUT2D eigenvalue weighted by atomic mass is 19.1. The lowest BCUT2D eigenvalue weighted by atomic mass is 10.1. The Balaban J connectivity index is 1.97. The van der Waals surface area contributed by atoms with Crippen LogP contribution in [-0.2, 0) is 0 Å². The monoisotopic (exact) mass is 256 g/mol. The van der Waals surface area contributed by atoms with E-state index in [2.05, 4.69) is 0 Å². The van der Waals surface area contributed by atoms with E-state index in [1.165, 1.54) is 30.3 Å². The molecule has 3 rings (SSSR count). The van der Waals surface area contributed by atoms with E-state index in [-0.39, 0.29) is 23.1 Å². The van der Waals surface area contributed by atoms with Crippen LogP contribution in [-0.4, -0.2) is 10.9 Å². The molecular formula is C15H9FO3. The molecule has 0 aromatic heterocycles. The SMILES string of the molecule is O=C1/C(=C/c2ccc(F)cc2)Oc2ccc(O)cc21. The van der Waals surface area contributed by atoms with Crippen molar-refractivity contribution in [1.29, 1.82) is 0 Å². The van der Waals surface area contributed by atoms with Crippen molar-refractivity contribution in [3.05, 3.63) is 65.2 Å². The Morgan fingerprint density at radius 2 is 1.84 bits per heavy atom. The fourth-order valence-electron chi connectivity index (χ4n) is 1.89. The van der Waals surface area contributed by atoms with Gasteiger partial charge in [0.1, 0.15) is 17.3 Å². The summed E-state index contributed by atoms with van der Waals surface area (Å²) in [6, 6.07) is 10.1. The highest BCUT2D eigenvalue weighted by molar-refractivity contribution is 6.14. The molecule has 4 heteroatoms. The van der Waals surface area contributed by atoms with Crippen LogP contribution in [0.3, 0.4) is 0 Å². The Bertz CT molecular complexity index is 687. The molecular weight excluding hydrogens is 247 g/mol. The Kier molecular flexibility index (Phi) is 2.56. The molecule has 0 bridgehead atoms. The molecule has 1 heterocycles. The third-order valence-electron chi connectivity index (χ3n) is 2.82. The zero-order valence-corrected chi connectivity index (χ0v) is 9.76. The summed E-state index contributed by atoms with van der Waals surface area (Å²) in [6.45, 7) is 0. The lowest BCUT2D eigenvalue weighted by molar-refractivity contribution is 0.101. The second kappa shape index (κ2) is 4.24. The number of benzene rings is 2. The Hall–Kier alpha value is -2.62. The van der Waals surface area contributed by atoms with Crippen molar-refractivity contribution in [2.24, 2.45) is 0 Å². The van der Waals surface area contributed by atoms with Crippen molar-refractivity contribution >= 4 is 11.9 Å². The van der Waals surface area contributed by atoms with Gasteiger partial charge in [0.05, 0.1) is 5.56 Å². The van der Waals surface area contributed by atoms with Crippen LogP contribution in [0, 0.1) is 5.82 Å². The summed E-state index contributed by atoms with van der Waals surface area (Å²) in [5, 5.41) is 9.35. The van der Waals surface area contributed by atoms with Crippen LogP contribution < -0.4 is 4.74 Å². The first-order valence-electron chi connectivity index (χ1n) is 5.66. The molecule has 0 fully saturated rings. The van der Waals surface area contributed by atoms with Crippen molar-refractivity contribution in [2.45, 2.75) is 0 Å². The van der Waals surface area contributed by atoms with Gasteiger partial charge in [0.15, 0.2) is 5.76 Å². The van der Waals surface area contributed by atoms with Gasteiger partial charge in [-0.15, -0.1) is 0 Å². The summed E-state index contributed by atoms with van der Waals surface area (Å²) in [5.74, 6) is -0.0497. The van der Waals surface area contributed by atoms with E-state index in [0.29, 0.717) is 16.9 Å². The van der Waals surface area contributed by atoms with Gasteiger partial charge in [-0.2, -0.15) is 0 Å². The second-order valence-electron chi connectivity index (χ2n) is 4.17. The number of carbonyl (C=O) groups is 1. The first-order chi connectivity index (χ1) is 9.13. The van der Waals surface area contributed by atoms with Crippen molar-refractivity contribution in [2.75, 3.05) is 0 Å². The van der Waals surface area contributed by atoms with Crippen LogP contribution in [0.5, 0.6) is 11.5 Å². The summed E-state index contributed by atoms with van der Waals surface area (Å²) in [6.07, 6.45) is 1.54. The minimum absolute atomic E-state index is 0.0127. The number of hydrogen-bond acceptors (Lipinski definition) is 3. The highest BCUT2D eigenvalue weighted by Gasteiger charge is 2.27. The molecule has 0 unspecified atom stereocenters. The standard InChI is InChI=1S/C15H9FO3/c16-10-3-1-9(2-4-10)7-14-15(18)12-8-11(17)5-6-13(12)19-14/h1-8,17H/b14-7-. The van der Waals surface area contributed by atoms with Gasteiger partial charge in [-0.3, -0.25) is 4.79 Å². The largest absolute Gasteiger partial charge is 0.508 e. The minimum atomic E-state index is -0.339. The highest BCUT2D eigenvalue weighted by Crippen LogP contribution is 2.34. The topological polar surface area (TPSA) is 46.5 Å². The third kappa shape index (κ3) is 2.08. The molecule has 0 saturated carbocycles. The quantitative estimate of drug-likeness (QED) is 0.797. The van der Waals surface area contributed by atoms with Crippen LogP contribution in [0.1, 0.15) is 15.9 Å². The predicted octanol–water partition coefficient (Wildman–Crippen LogP) is 3.15. The molecule has 2 aromatic carbocycles. The summed E-state index contributed by atoms with van der Waals surface area (Å²) in [7, 11) is 0. The number of halogens is 1. The lowest BCUT2D eigenvalue weighted by Crippen LogP contribution is -1.98. The molecule has 0 aliphatic carbocycles. The first kappa shape index (κ1) is 11.5. The van der Waals surface area contributed by atoms with E-state index in [1.807, 2.05) is 0 Å². The van der Waals surface area contributed by atoms with E-state index in [1.54, 1.807) is 18.2 Å². The number of Topliss-reactive ketones (excluding diaryl/α,β-unsaturated/α-hetero) is 1. The van der Waals surface area contributed by atoms with E-state index >= 15 is 0 Å². The van der Waals surface area contributed by atoms with E-state index < -0.39 is 0 Å². The second-order valence-corrected chi connectivity index (χ2v) is 4.17. The molecule has 1 aliphatic heterocycles. The molecule has 3 nitrogen and oxygen atoms in total. The number of hydrogen-bond donors (Lipinski definition) is 1. The van der Waals surface area contributed by atoms with Crippen LogP contribution >= 0.6 is 0 Å². The number of allylic oxidation sites excluding steroid dienone is 1. The average molecular weight is 256 g/mol. The first-order valence-corrected chi connectivity index (χ1v) is 5.66. The lowest BCUT2D eigenvalue weighted by Gasteiger charge is -1.98. The Morgan fingerprint density at radius 3 is 2.58 bits per heavy atom. The summed E-state index contributed by atoms with van der Waals surface area (Å²) in [5.41, 5.74) is 0.995. The zero-order chi connectivity index (χ0) is 13.4. The molecule has 0 saturated heterocycles. The molecule has 1 aliphatic rings. The molecule has 94 valence electrons. The maximum absolute atomic E-state index is 12.8. The van der Waals surface area contributed by atoms with E-state index in [4.69, 9.17) is 4.74 Å². The number of fused-ring (bicyclic) bond motifs is 1.